The van der Waals surface area contributed by atoms with Gasteiger partial charge in [-0.05, 0) is 12.3 Å². The van der Waals surface area contributed by atoms with E-state index in [4.69, 9.17) is 4.74 Å². The first-order valence-electron chi connectivity index (χ1n) is 7.09. The molecule has 0 aromatic carbocycles. The Bertz CT molecular complexity index is 397. The van der Waals surface area contributed by atoms with Gasteiger partial charge in [-0.25, -0.2) is 4.98 Å². The van der Waals surface area contributed by atoms with E-state index in [0.29, 0.717) is 18.4 Å². The summed E-state index contributed by atoms with van der Waals surface area (Å²) in [5.41, 5.74) is -0.0835. The third-order valence-corrected chi connectivity index (χ3v) is 2.49. The second-order valence-electron chi connectivity index (χ2n) is 6.30. The fourth-order valence-corrected chi connectivity index (χ4v) is 1.43. The molecule has 0 saturated carbocycles. The summed E-state index contributed by atoms with van der Waals surface area (Å²) in [7, 11) is 0. The van der Waals surface area contributed by atoms with Gasteiger partial charge in [-0.2, -0.15) is 4.98 Å². The highest BCUT2D eigenvalue weighted by atomic mass is 16.5. The topological polar surface area (TPSA) is 47.0 Å². The van der Waals surface area contributed by atoms with Gasteiger partial charge in [-0.1, -0.05) is 41.5 Å². The maximum atomic E-state index is 5.73. The van der Waals surface area contributed by atoms with Crippen LogP contribution in [0.1, 0.15) is 53.8 Å². The van der Waals surface area contributed by atoms with Crippen molar-refractivity contribution in [3.8, 4) is 5.88 Å². The van der Waals surface area contributed by atoms with Crippen molar-refractivity contribution < 1.29 is 4.74 Å². The molecule has 0 amide bonds. The molecule has 4 nitrogen and oxygen atoms in total. The van der Waals surface area contributed by atoms with Crippen molar-refractivity contribution in [3.05, 3.63) is 11.9 Å². The fourth-order valence-electron chi connectivity index (χ4n) is 1.43. The van der Waals surface area contributed by atoms with E-state index in [2.05, 4.69) is 56.8 Å². The van der Waals surface area contributed by atoms with Crippen molar-refractivity contribution in [1.82, 2.24) is 9.97 Å². The SMILES string of the molecule is CCCNc1cc(OCC(C)C)nc(C(C)(C)C)n1. The van der Waals surface area contributed by atoms with Crippen molar-refractivity contribution in [1.29, 1.82) is 0 Å². The lowest BCUT2D eigenvalue weighted by atomic mass is 9.96. The fraction of sp³-hybridized carbons (Fsp3) is 0.733. The van der Waals surface area contributed by atoms with E-state index in [1.807, 2.05) is 6.07 Å². The van der Waals surface area contributed by atoms with E-state index in [1.165, 1.54) is 0 Å². The standard InChI is InChI=1S/C15H27N3O/c1-7-8-16-12-9-13(19-10-11(2)3)18-14(17-12)15(4,5)6/h9,11H,7-8,10H2,1-6H3,(H,16,17,18). The number of hydrogen-bond donors (Lipinski definition) is 1. The van der Waals surface area contributed by atoms with Gasteiger partial charge < -0.3 is 10.1 Å². The zero-order valence-corrected chi connectivity index (χ0v) is 13.1. The van der Waals surface area contributed by atoms with Crippen LogP contribution in [0.2, 0.25) is 0 Å². The maximum absolute atomic E-state index is 5.73. The van der Waals surface area contributed by atoms with Gasteiger partial charge >= 0.3 is 0 Å². The molecule has 4 heteroatoms. The Kier molecular flexibility index (Phi) is 5.58. The van der Waals surface area contributed by atoms with E-state index < -0.39 is 0 Å². The summed E-state index contributed by atoms with van der Waals surface area (Å²) in [5.74, 6) is 2.81. The zero-order valence-electron chi connectivity index (χ0n) is 13.1. The van der Waals surface area contributed by atoms with Crippen LogP contribution >= 0.6 is 0 Å². The first-order chi connectivity index (χ1) is 8.82. The van der Waals surface area contributed by atoms with Gasteiger partial charge in [0.15, 0.2) is 0 Å². The van der Waals surface area contributed by atoms with E-state index in [-0.39, 0.29) is 5.41 Å². The highest BCUT2D eigenvalue weighted by molar-refractivity contribution is 5.39. The lowest BCUT2D eigenvalue weighted by Gasteiger charge is -2.19. The number of anilines is 1. The summed E-state index contributed by atoms with van der Waals surface area (Å²) in [4.78, 5) is 9.08. The Morgan fingerprint density at radius 3 is 2.47 bits per heavy atom. The monoisotopic (exact) mass is 265 g/mol. The van der Waals surface area contributed by atoms with E-state index in [1.54, 1.807) is 0 Å². The summed E-state index contributed by atoms with van der Waals surface area (Å²) in [6, 6.07) is 1.88. The normalized spacial score (nSPS) is 11.7. The van der Waals surface area contributed by atoms with Crippen LogP contribution in [0.25, 0.3) is 0 Å². The molecular weight excluding hydrogens is 238 g/mol. The molecule has 0 atom stereocenters. The van der Waals surface area contributed by atoms with Crippen LogP contribution in [0.4, 0.5) is 5.82 Å². The van der Waals surface area contributed by atoms with Gasteiger partial charge in [-0.3, -0.25) is 0 Å². The summed E-state index contributed by atoms with van der Waals surface area (Å²) in [5, 5.41) is 3.30. The van der Waals surface area contributed by atoms with Gasteiger partial charge in [0.05, 0.1) is 6.61 Å². The first-order valence-corrected chi connectivity index (χ1v) is 7.09. The summed E-state index contributed by atoms with van der Waals surface area (Å²) >= 11 is 0. The van der Waals surface area contributed by atoms with Crippen molar-refractivity contribution >= 4 is 5.82 Å². The van der Waals surface area contributed by atoms with Crippen molar-refractivity contribution in [3.63, 3.8) is 0 Å². The smallest absolute Gasteiger partial charge is 0.218 e. The maximum Gasteiger partial charge on any atom is 0.218 e. The highest BCUT2D eigenvalue weighted by Gasteiger charge is 2.19. The Balaban J connectivity index is 2.95. The first kappa shape index (κ1) is 15.7. The van der Waals surface area contributed by atoms with Crippen molar-refractivity contribution in [2.24, 2.45) is 5.92 Å². The van der Waals surface area contributed by atoms with Gasteiger partial charge in [-0.15, -0.1) is 0 Å². The Labute approximate surface area is 117 Å². The predicted molar refractivity (Wildman–Crippen MR) is 79.8 cm³/mol. The van der Waals surface area contributed by atoms with Crippen LogP contribution in [0.15, 0.2) is 6.07 Å². The lowest BCUT2D eigenvalue weighted by Crippen LogP contribution is -2.18. The number of rotatable bonds is 6. The van der Waals surface area contributed by atoms with Crippen molar-refractivity contribution in [2.45, 2.75) is 53.4 Å². The molecule has 1 rings (SSSR count). The van der Waals surface area contributed by atoms with Gasteiger partial charge in [0, 0.05) is 18.0 Å². The lowest BCUT2D eigenvalue weighted by molar-refractivity contribution is 0.259. The number of ether oxygens (including phenoxy) is 1. The molecule has 0 bridgehead atoms. The van der Waals surface area contributed by atoms with Crippen LogP contribution in [0, 0.1) is 5.92 Å². The summed E-state index contributed by atoms with van der Waals surface area (Å²) in [6.45, 7) is 14.3. The molecule has 1 aromatic heterocycles. The van der Waals surface area contributed by atoms with E-state index in [9.17, 15) is 0 Å². The second-order valence-corrected chi connectivity index (χ2v) is 6.30. The predicted octanol–water partition coefficient (Wildman–Crippen LogP) is 3.63. The van der Waals surface area contributed by atoms with Gasteiger partial charge in [0.2, 0.25) is 5.88 Å². The Morgan fingerprint density at radius 2 is 1.95 bits per heavy atom. The van der Waals surface area contributed by atoms with Crippen LogP contribution in [0.5, 0.6) is 5.88 Å². The van der Waals surface area contributed by atoms with Crippen molar-refractivity contribution in [2.75, 3.05) is 18.5 Å². The molecule has 0 aliphatic heterocycles. The summed E-state index contributed by atoms with van der Waals surface area (Å²) < 4.78 is 5.73. The molecule has 0 fully saturated rings. The minimum Gasteiger partial charge on any atom is -0.477 e. The molecule has 0 aliphatic rings. The molecule has 1 aromatic rings. The molecule has 0 aliphatic carbocycles. The quantitative estimate of drug-likeness (QED) is 0.853. The van der Waals surface area contributed by atoms with Crippen LogP contribution in [-0.4, -0.2) is 23.1 Å². The van der Waals surface area contributed by atoms with Crippen LogP contribution in [-0.2, 0) is 5.41 Å². The zero-order chi connectivity index (χ0) is 14.5. The molecule has 1 heterocycles. The summed E-state index contributed by atoms with van der Waals surface area (Å²) in [6.07, 6.45) is 1.07. The largest absolute Gasteiger partial charge is 0.477 e. The molecule has 0 saturated heterocycles. The van der Waals surface area contributed by atoms with Gasteiger partial charge in [0.25, 0.3) is 0 Å². The average molecular weight is 265 g/mol. The number of nitrogens with zero attached hydrogens (tertiary/aromatic N) is 2. The second kappa shape index (κ2) is 6.73. The third kappa shape index (κ3) is 5.45. The molecule has 108 valence electrons. The van der Waals surface area contributed by atoms with Crippen LogP contribution in [0.3, 0.4) is 0 Å². The van der Waals surface area contributed by atoms with E-state index in [0.717, 1.165) is 24.6 Å². The van der Waals surface area contributed by atoms with Gasteiger partial charge in [0.1, 0.15) is 11.6 Å². The average Bonchev–Trinajstić information content (AvgIpc) is 2.32. The molecular formula is C15H27N3O. The third-order valence-electron chi connectivity index (χ3n) is 2.49. The Hall–Kier alpha value is -1.32. The highest BCUT2D eigenvalue weighted by Crippen LogP contribution is 2.23. The number of aromatic nitrogens is 2. The molecule has 0 spiro atoms. The van der Waals surface area contributed by atoms with E-state index >= 15 is 0 Å². The molecule has 1 N–H and O–H groups in total. The molecule has 0 radical (unpaired) electrons. The number of hydrogen-bond acceptors (Lipinski definition) is 4. The van der Waals surface area contributed by atoms with Crippen LogP contribution < -0.4 is 10.1 Å². The number of nitrogens with one attached hydrogen (secondary N) is 1. The molecule has 19 heavy (non-hydrogen) atoms. The molecule has 0 unspecified atom stereocenters. The minimum atomic E-state index is -0.0835. The minimum absolute atomic E-state index is 0.0835. The Morgan fingerprint density at radius 1 is 1.26 bits per heavy atom.